The maximum absolute atomic E-state index is 10.2. The van der Waals surface area contributed by atoms with E-state index >= 15 is 0 Å². The molecule has 9 heavy (non-hydrogen) atoms. The maximum Gasteiger partial charge on any atom is 0.225 e. The molecule has 0 unspecified atom stereocenters. The van der Waals surface area contributed by atoms with Gasteiger partial charge in [-0.2, -0.15) is 8.42 Å². The summed E-state index contributed by atoms with van der Waals surface area (Å²) in [7, 11) is -2.22. The molecule has 0 N–H and O–H groups in total. The molecule has 0 bridgehead atoms. The molecule has 48 valence electrons. The lowest BCUT2D eigenvalue weighted by molar-refractivity contribution is 0.524. The van der Waals surface area contributed by atoms with Gasteiger partial charge in [-0.3, -0.25) is 0 Å². The SMILES string of the molecule is C=CC(C1=CO1)=S(=O)=O. The van der Waals surface area contributed by atoms with Gasteiger partial charge in [0.1, 0.15) is 11.1 Å². The smallest absolute Gasteiger partial charge is 0.225 e. The fourth-order valence-corrected chi connectivity index (χ4v) is 0.793. The van der Waals surface area contributed by atoms with Crippen molar-refractivity contribution in [2.75, 3.05) is 0 Å². The standard InChI is InChI=1S/C5H4O3S/c1-2-5(9(6)7)4-3-8-4/h2-3H,1H2. The van der Waals surface area contributed by atoms with Crippen LogP contribution in [0.3, 0.4) is 0 Å². The average Bonchev–Trinajstić information content (AvgIpc) is 2.50. The Balaban J connectivity index is 3.11. The third-order valence-electron chi connectivity index (χ3n) is 0.844. The molecule has 0 aliphatic carbocycles. The van der Waals surface area contributed by atoms with Crippen LogP contribution in [0.1, 0.15) is 0 Å². The number of ether oxygens (including phenoxy) is 1. The Morgan fingerprint density at radius 2 is 2.33 bits per heavy atom. The Morgan fingerprint density at radius 1 is 1.78 bits per heavy atom. The van der Waals surface area contributed by atoms with Gasteiger partial charge in [-0.1, -0.05) is 6.58 Å². The van der Waals surface area contributed by atoms with Crippen LogP contribution in [0.4, 0.5) is 0 Å². The molecular formula is C5H4O3S. The highest BCUT2D eigenvalue weighted by molar-refractivity contribution is 7.73. The third kappa shape index (κ3) is 1.20. The first kappa shape index (κ1) is 6.10. The van der Waals surface area contributed by atoms with Crippen LogP contribution < -0.4 is 0 Å². The van der Waals surface area contributed by atoms with Gasteiger partial charge in [0.2, 0.25) is 10.3 Å². The van der Waals surface area contributed by atoms with Gasteiger partial charge in [-0.15, -0.1) is 0 Å². The summed E-state index contributed by atoms with van der Waals surface area (Å²) in [6.07, 6.45) is 2.59. The molecule has 0 amide bonds. The Morgan fingerprint density at radius 3 is 2.44 bits per heavy atom. The lowest BCUT2D eigenvalue weighted by Crippen LogP contribution is -1.90. The predicted molar refractivity (Wildman–Crippen MR) is 33.3 cm³/mol. The lowest BCUT2D eigenvalue weighted by Gasteiger charge is -1.77. The van der Waals surface area contributed by atoms with Crippen molar-refractivity contribution in [3.05, 3.63) is 24.7 Å². The van der Waals surface area contributed by atoms with Crippen LogP contribution in [-0.4, -0.2) is 13.3 Å². The van der Waals surface area contributed by atoms with Crippen molar-refractivity contribution >= 4 is 15.2 Å². The van der Waals surface area contributed by atoms with Crippen LogP contribution >= 0.6 is 0 Å². The first-order chi connectivity index (χ1) is 4.25. The van der Waals surface area contributed by atoms with Crippen molar-refractivity contribution < 1.29 is 13.2 Å². The van der Waals surface area contributed by atoms with E-state index in [2.05, 4.69) is 11.3 Å². The normalized spacial score (nSPS) is 13.1. The van der Waals surface area contributed by atoms with Crippen LogP contribution in [0.2, 0.25) is 0 Å². The van der Waals surface area contributed by atoms with E-state index in [1.165, 1.54) is 12.3 Å². The van der Waals surface area contributed by atoms with Crippen LogP contribution in [0.5, 0.6) is 0 Å². The number of hydrogen-bond acceptors (Lipinski definition) is 3. The van der Waals surface area contributed by atoms with E-state index in [0.29, 0.717) is 5.76 Å². The van der Waals surface area contributed by atoms with Crippen LogP contribution in [0.15, 0.2) is 24.7 Å². The van der Waals surface area contributed by atoms with Crippen molar-refractivity contribution in [1.82, 2.24) is 0 Å². The molecule has 1 heterocycles. The molecule has 1 rings (SSSR count). The van der Waals surface area contributed by atoms with E-state index in [1.807, 2.05) is 0 Å². The second kappa shape index (κ2) is 2.06. The molecule has 1 aliphatic heterocycles. The Kier molecular flexibility index (Phi) is 1.40. The minimum atomic E-state index is -2.22. The van der Waals surface area contributed by atoms with Crippen LogP contribution in [-0.2, 0) is 15.0 Å². The summed E-state index contributed by atoms with van der Waals surface area (Å²) in [5.74, 6) is 0.387. The van der Waals surface area contributed by atoms with Gasteiger partial charge in [-0.25, -0.2) is 0 Å². The third-order valence-corrected chi connectivity index (χ3v) is 1.57. The highest BCUT2D eigenvalue weighted by atomic mass is 32.2. The molecule has 0 fully saturated rings. The highest BCUT2D eigenvalue weighted by Crippen LogP contribution is 2.14. The van der Waals surface area contributed by atoms with E-state index in [1.54, 1.807) is 0 Å². The van der Waals surface area contributed by atoms with Gasteiger partial charge in [-0.05, 0) is 6.08 Å². The topological polar surface area (TPSA) is 46.7 Å². The fourth-order valence-electron chi connectivity index (χ4n) is 0.396. The second-order valence-electron chi connectivity index (χ2n) is 1.40. The van der Waals surface area contributed by atoms with Crippen molar-refractivity contribution in [3.63, 3.8) is 0 Å². The van der Waals surface area contributed by atoms with Crippen molar-refractivity contribution in [3.8, 4) is 0 Å². The van der Waals surface area contributed by atoms with Crippen LogP contribution in [0.25, 0.3) is 0 Å². The Labute approximate surface area is 53.8 Å². The predicted octanol–water partition coefficient (Wildman–Crippen LogP) is 0.0955. The zero-order valence-electron chi connectivity index (χ0n) is 4.49. The van der Waals surface area contributed by atoms with Gasteiger partial charge >= 0.3 is 0 Å². The molecule has 0 aromatic rings. The Hall–Kier alpha value is -1.03. The van der Waals surface area contributed by atoms with E-state index < -0.39 is 10.3 Å². The zero-order valence-corrected chi connectivity index (χ0v) is 5.31. The van der Waals surface area contributed by atoms with Crippen molar-refractivity contribution in [1.29, 1.82) is 0 Å². The lowest BCUT2D eigenvalue weighted by atomic mass is 10.4. The molecule has 0 spiro atoms. The van der Waals surface area contributed by atoms with Crippen molar-refractivity contribution in [2.45, 2.75) is 0 Å². The molecule has 0 saturated heterocycles. The van der Waals surface area contributed by atoms with Crippen LogP contribution in [0, 0.1) is 0 Å². The molecule has 0 aromatic heterocycles. The van der Waals surface area contributed by atoms with Crippen molar-refractivity contribution in [2.24, 2.45) is 0 Å². The minimum absolute atomic E-state index is 0.120. The molecule has 0 aromatic carbocycles. The first-order valence-electron chi connectivity index (χ1n) is 2.21. The molecule has 4 heteroatoms. The van der Waals surface area contributed by atoms with Gasteiger partial charge in [0, 0.05) is 0 Å². The van der Waals surface area contributed by atoms with Gasteiger partial charge in [0.25, 0.3) is 0 Å². The maximum atomic E-state index is 10.2. The van der Waals surface area contributed by atoms with E-state index in [9.17, 15) is 8.42 Å². The summed E-state index contributed by atoms with van der Waals surface area (Å²) >= 11 is 0. The fraction of sp³-hybridized carbons (Fsp3) is 0. The Bertz CT molecular complexity index is 286. The summed E-state index contributed by atoms with van der Waals surface area (Å²) in [4.78, 5) is 0.120. The number of rotatable bonds is 2. The highest BCUT2D eigenvalue weighted by Gasteiger charge is 2.15. The molecule has 3 nitrogen and oxygen atoms in total. The quantitative estimate of drug-likeness (QED) is 0.407. The molecule has 0 atom stereocenters. The van der Waals surface area contributed by atoms with Gasteiger partial charge in [0.15, 0.2) is 5.76 Å². The molecule has 0 saturated carbocycles. The zero-order chi connectivity index (χ0) is 6.85. The second-order valence-corrected chi connectivity index (χ2v) is 2.31. The minimum Gasteiger partial charge on any atom is -0.456 e. The van der Waals surface area contributed by atoms with E-state index in [0.717, 1.165) is 0 Å². The summed E-state index contributed by atoms with van der Waals surface area (Å²) in [5.41, 5.74) is 0. The number of hydrogen-bond donors (Lipinski definition) is 0. The van der Waals surface area contributed by atoms with E-state index in [4.69, 9.17) is 0 Å². The monoisotopic (exact) mass is 144 g/mol. The molecule has 0 radical (unpaired) electrons. The average molecular weight is 144 g/mol. The van der Waals surface area contributed by atoms with Gasteiger partial charge < -0.3 is 4.74 Å². The molecule has 1 aliphatic rings. The van der Waals surface area contributed by atoms with Gasteiger partial charge in [0.05, 0.1) is 0 Å². The summed E-state index contributed by atoms with van der Waals surface area (Å²) in [5, 5.41) is 0. The largest absolute Gasteiger partial charge is 0.456 e. The molecular weight excluding hydrogens is 140 g/mol. The summed E-state index contributed by atoms with van der Waals surface area (Å²) in [6, 6.07) is 0. The van der Waals surface area contributed by atoms with E-state index in [-0.39, 0.29) is 4.86 Å². The summed E-state index contributed by atoms with van der Waals surface area (Å²) in [6.45, 7) is 3.29. The summed E-state index contributed by atoms with van der Waals surface area (Å²) < 4.78 is 24.9. The first-order valence-corrected chi connectivity index (χ1v) is 3.29. The number of allylic oxidation sites excluding steroid dienone is 1.